The Morgan fingerprint density at radius 1 is 1.32 bits per heavy atom. The Bertz CT molecular complexity index is 828. The highest BCUT2D eigenvalue weighted by Gasteiger charge is 2.18. The van der Waals surface area contributed by atoms with E-state index in [1.165, 1.54) is 0 Å². The molecule has 1 fully saturated rings. The molecule has 0 spiro atoms. The van der Waals surface area contributed by atoms with E-state index in [4.69, 9.17) is 4.74 Å². The van der Waals surface area contributed by atoms with E-state index in [1.807, 2.05) is 55.5 Å². The van der Waals surface area contributed by atoms with Crippen LogP contribution in [-0.2, 0) is 4.74 Å². The maximum atomic E-state index is 5.86. The summed E-state index contributed by atoms with van der Waals surface area (Å²) in [7, 11) is 0. The monoisotopic (exact) mass is 378 g/mol. The van der Waals surface area contributed by atoms with Gasteiger partial charge in [0.05, 0.1) is 12.3 Å². The van der Waals surface area contributed by atoms with Gasteiger partial charge in [-0.1, -0.05) is 49.9 Å². The Labute approximate surface area is 165 Å². The van der Waals surface area contributed by atoms with Crippen LogP contribution in [0.4, 0.5) is 5.82 Å². The van der Waals surface area contributed by atoms with Crippen LogP contribution < -0.4 is 16.2 Å². The molecular formula is C21H26N6O. The van der Waals surface area contributed by atoms with Crippen molar-refractivity contribution >= 4 is 23.8 Å². The number of nitrogens with one attached hydrogen (secondary N) is 3. The fraction of sp³-hybridized carbons (Fsp3) is 0.286. The standard InChI is InChI=1S/C21H26N6O/c1-3-19(27-23-4-2)25-21-14-17(18-15-22-12-13-28-18)24-20(26-21)11-10-16-8-6-5-7-9-16/h3,5-11,14,18,22-23H,1,4,12-13,15H2,2H3,(H,24,25,26,27)/b11-10+. The van der Waals surface area contributed by atoms with Crippen LogP contribution >= 0.6 is 0 Å². The average Bonchev–Trinajstić information content (AvgIpc) is 2.76. The van der Waals surface area contributed by atoms with Crippen molar-refractivity contribution in [2.75, 3.05) is 26.2 Å². The Kier molecular flexibility index (Phi) is 7.43. The van der Waals surface area contributed by atoms with Crippen molar-refractivity contribution < 1.29 is 4.74 Å². The first-order valence-electron chi connectivity index (χ1n) is 9.43. The number of rotatable bonds is 7. The highest BCUT2D eigenvalue weighted by molar-refractivity contribution is 5.93. The van der Waals surface area contributed by atoms with Crippen LogP contribution in [-0.4, -0.2) is 42.0 Å². The number of hydrogen-bond acceptors (Lipinski definition) is 6. The second kappa shape index (κ2) is 10.5. The summed E-state index contributed by atoms with van der Waals surface area (Å²) in [4.78, 5) is 13.8. The van der Waals surface area contributed by atoms with Crippen molar-refractivity contribution in [1.82, 2.24) is 26.1 Å². The smallest absolute Gasteiger partial charge is 0.158 e. The number of aromatic nitrogens is 2. The molecule has 0 bridgehead atoms. The van der Waals surface area contributed by atoms with Gasteiger partial charge in [0.25, 0.3) is 0 Å². The maximum Gasteiger partial charge on any atom is 0.158 e. The molecule has 7 heteroatoms. The molecule has 7 nitrogen and oxygen atoms in total. The molecule has 0 saturated carbocycles. The normalized spacial score (nSPS) is 17.6. The Morgan fingerprint density at radius 2 is 2.18 bits per heavy atom. The number of hydrazine groups is 1. The molecule has 0 aliphatic carbocycles. The van der Waals surface area contributed by atoms with E-state index in [-0.39, 0.29) is 6.10 Å². The molecule has 1 aromatic heterocycles. The minimum absolute atomic E-state index is 0.122. The molecule has 146 valence electrons. The molecule has 2 aromatic rings. The molecule has 2 heterocycles. The quantitative estimate of drug-likeness (QED) is 0.390. The van der Waals surface area contributed by atoms with Crippen LogP contribution in [0.5, 0.6) is 0 Å². The first kappa shape index (κ1) is 19.9. The molecule has 3 N–H and O–H groups in total. The lowest BCUT2D eigenvalue weighted by Gasteiger charge is -2.23. The van der Waals surface area contributed by atoms with Gasteiger partial charge in [-0.05, 0) is 17.7 Å². The third-order valence-electron chi connectivity index (χ3n) is 4.05. The molecule has 3 rings (SSSR count). The van der Waals surface area contributed by atoms with Crippen LogP contribution in [0.1, 0.15) is 30.1 Å². The van der Waals surface area contributed by atoms with Gasteiger partial charge in [-0.25, -0.2) is 20.4 Å². The summed E-state index contributed by atoms with van der Waals surface area (Å²) in [5.74, 6) is 1.72. The van der Waals surface area contributed by atoms with E-state index in [0.29, 0.717) is 30.6 Å². The fourth-order valence-corrected chi connectivity index (χ4v) is 2.69. The van der Waals surface area contributed by atoms with Gasteiger partial charge in [0.15, 0.2) is 11.6 Å². The van der Waals surface area contributed by atoms with Gasteiger partial charge in [-0.15, -0.1) is 0 Å². The highest BCUT2D eigenvalue weighted by atomic mass is 16.5. The number of nitrogens with zero attached hydrogens (tertiary/aromatic N) is 3. The number of morpholine rings is 1. The molecule has 1 unspecified atom stereocenters. The number of amidine groups is 1. The molecule has 28 heavy (non-hydrogen) atoms. The third-order valence-corrected chi connectivity index (χ3v) is 4.05. The van der Waals surface area contributed by atoms with Crippen molar-refractivity contribution in [3.63, 3.8) is 0 Å². The van der Waals surface area contributed by atoms with Crippen LogP contribution in [0, 0.1) is 0 Å². The zero-order valence-corrected chi connectivity index (χ0v) is 16.1. The van der Waals surface area contributed by atoms with E-state index >= 15 is 0 Å². The summed E-state index contributed by atoms with van der Waals surface area (Å²) in [5, 5.41) is 3.33. The number of ether oxygens (including phenoxy) is 1. The second-order valence-electron chi connectivity index (χ2n) is 6.17. The third kappa shape index (κ3) is 5.82. The van der Waals surface area contributed by atoms with E-state index in [9.17, 15) is 0 Å². The predicted molar refractivity (Wildman–Crippen MR) is 113 cm³/mol. The summed E-state index contributed by atoms with van der Waals surface area (Å²) in [6.45, 7) is 8.77. The van der Waals surface area contributed by atoms with Crippen LogP contribution in [0.25, 0.3) is 12.2 Å². The molecule has 1 aliphatic heterocycles. The van der Waals surface area contributed by atoms with Crippen LogP contribution in [0.15, 0.2) is 54.0 Å². The van der Waals surface area contributed by atoms with Gasteiger partial charge in [-0.3, -0.25) is 0 Å². The summed E-state index contributed by atoms with van der Waals surface area (Å²) < 4.78 is 5.86. The highest BCUT2D eigenvalue weighted by Crippen LogP contribution is 2.21. The minimum atomic E-state index is -0.122. The van der Waals surface area contributed by atoms with E-state index in [1.54, 1.807) is 6.08 Å². The first-order chi connectivity index (χ1) is 13.8. The molecule has 1 aliphatic rings. The minimum Gasteiger partial charge on any atom is -0.369 e. The molecule has 1 atom stereocenters. The zero-order chi connectivity index (χ0) is 19.6. The predicted octanol–water partition coefficient (Wildman–Crippen LogP) is 2.64. The fourth-order valence-electron chi connectivity index (χ4n) is 2.69. The Hall–Kier alpha value is -2.87. The molecule has 0 amide bonds. The number of benzene rings is 1. The van der Waals surface area contributed by atoms with Crippen molar-refractivity contribution in [3.8, 4) is 0 Å². The van der Waals surface area contributed by atoms with E-state index < -0.39 is 0 Å². The lowest BCUT2D eigenvalue weighted by molar-refractivity contribution is 0.0249. The van der Waals surface area contributed by atoms with Crippen molar-refractivity contribution in [2.45, 2.75) is 13.0 Å². The Balaban J connectivity index is 1.92. The van der Waals surface area contributed by atoms with E-state index in [0.717, 1.165) is 24.3 Å². The average molecular weight is 378 g/mol. The number of aliphatic imine (C=N–C) groups is 1. The molecule has 1 saturated heterocycles. The van der Waals surface area contributed by atoms with Crippen molar-refractivity contribution in [1.29, 1.82) is 0 Å². The Morgan fingerprint density at radius 3 is 2.89 bits per heavy atom. The van der Waals surface area contributed by atoms with Crippen LogP contribution in [0.2, 0.25) is 0 Å². The zero-order valence-electron chi connectivity index (χ0n) is 16.1. The second-order valence-corrected chi connectivity index (χ2v) is 6.17. The van der Waals surface area contributed by atoms with Gasteiger partial charge >= 0.3 is 0 Å². The van der Waals surface area contributed by atoms with Crippen molar-refractivity contribution in [3.05, 3.63) is 66.1 Å². The SMILES string of the molecule is C=CC(=Nc1cc(C2CNCCO2)nc(/C=C/c2ccccc2)n1)NNCC. The lowest BCUT2D eigenvalue weighted by atomic mass is 10.2. The van der Waals surface area contributed by atoms with Gasteiger partial charge < -0.3 is 15.5 Å². The summed E-state index contributed by atoms with van der Waals surface area (Å²) >= 11 is 0. The van der Waals surface area contributed by atoms with Gasteiger partial charge in [-0.2, -0.15) is 0 Å². The summed E-state index contributed by atoms with van der Waals surface area (Å²) in [6, 6.07) is 11.9. The van der Waals surface area contributed by atoms with Gasteiger partial charge in [0, 0.05) is 25.7 Å². The first-order valence-corrected chi connectivity index (χ1v) is 9.43. The topological polar surface area (TPSA) is 83.5 Å². The van der Waals surface area contributed by atoms with Gasteiger partial charge in [0.1, 0.15) is 11.9 Å². The lowest BCUT2D eigenvalue weighted by Crippen LogP contribution is -2.36. The van der Waals surface area contributed by atoms with Gasteiger partial charge in [0.2, 0.25) is 0 Å². The summed E-state index contributed by atoms with van der Waals surface area (Å²) in [5.41, 5.74) is 7.91. The number of hydrogen-bond donors (Lipinski definition) is 3. The summed E-state index contributed by atoms with van der Waals surface area (Å²) in [6.07, 6.45) is 5.39. The van der Waals surface area contributed by atoms with E-state index in [2.05, 4.69) is 37.7 Å². The molecule has 0 radical (unpaired) electrons. The molecule has 1 aromatic carbocycles. The van der Waals surface area contributed by atoms with Crippen LogP contribution in [0.3, 0.4) is 0 Å². The molecular weight excluding hydrogens is 352 g/mol. The largest absolute Gasteiger partial charge is 0.369 e. The van der Waals surface area contributed by atoms with Crippen molar-refractivity contribution in [2.24, 2.45) is 4.99 Å². The maximum absolute atomic E-state index is 5.86.